The maximum Gasteiger partial charge on any atom is 0.276 e. The zero-order chi connectivity index (χ0) is 9.59. The zero-order valence-electron chi connectivity index (χ0n) is 7.17. The Morgan fingerprint density at radius 1 is 1.54 bits per heavy atom. The van der Waals surface area contributed by atoms with Crippen LogP contribution in [0.15, 0.2) is 10.2 Å². The molecule has 2 heterocycles. The van der Waals surface area contributed by atoms with Gasteiger partial charge in [-0.05, 0) is 13.8 Å². The average Bonchev–Trinajstić information content (AvgIpc) is 2.44. The molecule has 0 amide bonds. The molecule has 0 aliphatic heterocycles. The zero-order valence-corrected chi connectivity index (χ0v) is 8.74. The Balaban J connectivity index is 3.09. The van der Waals surface area contributed by atoms with E-state index >= 15 is 0 Å². The van der Waals surface area contributed by atoms with E-state index in [2.05, 4.69) is 4.98 Å². The van der Waals surface area contributed by atoms with Crippen molar-refractivity contribution in [2.24, 2.45) is 0 Å². The van der Waals surface area contributed by atoms with E-state index in [0.717, 1.165) is 5.52 Å². The quantitative estimate of drug-likeness (QED) is 0.673. The number of hydrogen-bond donors (Lipinski definition) is 0. The minimum atomic E-state index is -0.196. The Kier molecular flexibility index (Phi) is 1.89. The van der Waals surface area contributed by atoms with Crippen LogP contribution in [0.1, 0.15) is 11.4 Å². The van der Waals surface area contributed by atoms with Crippen molar-refractivity contribution in [3.05, 3.63) is 32.1 Å². The number of hydrogen-bond acceptors (Lipinski definition) is 3. The molecule has 5 heteroatoms. The SMILES string of the molecule is Cc1c(=O)nc(C)n2scc(Cl)c12. The van der Waals surface area contributed by atoms with Crippen LogP contribution in [0.3, 0.4) is 0 Å². The summed E-state index contributed by atoms with van der Waals surface area (Å²) in [7, 11) is 0. The maximum absolute atomic E-state index is 11.3. The normalized spacial score (nSPS) is 11.0. The average molecular weight is 215 g/mol. The highest BCUT2D eigenvalue weighted by Gasteiger charge is 2.09. The van der Waals surface area contributed by atoms with Gasteiger partial charge in [-0.3, -0.25) is 8.58 Å². The van der Waals surface area contributed by atoms with Crippen molar-refractivity contribution in [3.63, 3.8) is 0 Å². The van der Waals surface area contributed by atoms with Crippen molar-refractivity contribution in [1.82, 2.24) is 8.77 Å². The van der Waals surface area contributed by atoms with Crippen molar-refractivity contribution < 1.29 is 0 Å². The van der Waals surface area contributed by atoms with Gasteiger partial charge in [0.05, 0.1) is 10.5 Å². The Hall–Kier alpha value is -0.870. The number of rotatable bonds is 0. The first-order valence-electron chi connectivity index (χ1n) is 3.74. The third kappa shape index (κ3) is 1.17. The Labute approximate surface area is 83.8 Å². The molecule has 0 aliphatic carbocycles. The topological polar surface area (TPSA) is 34.4 Å². The molecule has 0 N–H and O–H groups in total. The molecule has 0 fully saturated rings. The lowest BCUT2D eigenvalue weighted by Gasteiger charge is -1.99. The summed E-state index contributed by atoms with van der Waals surface area (Å²) in [6.45, 7) is 3.53. The Morgan fingerprint density at radius 3 is 2.92 bits per heavy atom. The molecule has 0 radical (unpaired) electrons. The third-order valence-corrected chi connectivity index (χ3v) is 3.34. The molecule has 3 nitrogen and oxygen atoms in total. The minimum Gasteiger partial charge on any atom is -0.267 e. The van der Waals surface area contributed by atoms with Crippen LogP contribution in [-0.2, 0) is 0 Å². The Morgan fingerprint density at radius 2 is 2.23 bits per heavy atom. The van der Waals surface area contributed by atoms with Crippen molar-refractivity contribution in [3.8, 4) is 0 Å². The van der Waals surface area contributed by atoms with E-state index in [1.165, 1.54) is 11.5 Å². The van der Waals surface area contributed by atoms with Gasteiger partial charge in [0.1, 0.15) is 5.82 Å². The fraction of sp³-hybridized carbons (Fsp3) is 0.250. The standard InChI is InChI=1S/C8H7ClN2OS/c1-4-7-6(9)3-13-11(7)5(2)10-8(4)12/h3H,1-2H3. The van der Waals surface area contributed by atoms with Crippen LogP contribution in [0.2, 0.25) is 5.02 Å². The highest BCUT2D eigenvalue weighted by atomic mass is 35.5. The summed E-state index contributed by atoms with van der Waals surface area (Å²) in [5, 5.41) is 2.42. The molecule has 0 aliphatic rings. The predicted octanol–water partition coefficient (Wildman–Crippen LogP) is 2.03. The van der Waals surface area contributed by atoms with Gasteiger partial charge in [0, 0.05) is 10.9 Å². The maximum atomic E-state index is 11.3. The molecule has 13 heavy (non-hydrogen) atoms. The molecule has 0 saturated heterocycles. The third-order valence-electron chi connectivity index (χ3n) is 1.92. The largest absolute Gasteiger partial charge is 0.276 e. The first kappa shape index (κ1) is 8.72. The summed E-state index contributed by atoms with van der Waals surface area (Å²) in [4.78, 5) is 15.2. The molecule has 2 aromatic rings. The van der Waals surface area contributed by atoms with Gasteiger partial charge in [-0.2, -0.15) is 4.98 Å². The van der Waals surface area contributed by atoms with Crippen molar-refractivity contribution in [2.75, 3.05) is 0 Å². The number of fused-ring (bicyclic) bond motifs is 1. The molecular weight excluding hydrogens is 208 g/mol. The van der Waals surface area contributed by atoms with Crippen molar-refractivity contribution in [1.29, 1.82) is 0 Å². The summed E-state index contributed by atoms with van der Waals surface area (Å²) in [5.74, 6) is 0.683. The van der Waals surface area contributed by atoms with Crippen molar-refractivity contribution >= 4 is 28.7 Å². The molecule has 2 rings (SSSR count). The summed E-state index contributed by atoms with van der Waals surface area (Å²) < 4.78 is 1.86. The molecule has 0 unspecified atom stereocenters. The van der Waals surface area contributed by atoms with Gasteiger partial charge in [0.2, 0.25) is 0 Å². The van der Waals surface area contributed by atoms with Gasteiger partial charge < -0.3 is 0 Å². The fourth-order valence-corrected chi connectivity index (χ4v) is 2.49. The van der Waals surface area contributed by atoms with Crippen LogP contribution in [0.5, 0.6) is 0 Å². The second-order valence-corrected chi connectivity index (χ2v) is 4.02. The van der Waals surface area contributed by atoms with Gasteiger partial charge in [0.25, 0.3) is 5.56 Å². The smallest absolute Gasteiger partial charge is 0.267 e. The number of aromatic nitrogens is 2. The molecule has 0 spiro atoms. The summed E-state index contributed by atoms with van der Waals surface area (Å²) >= 11 is 7.39. The molecule has 0 bridgehead atoms. The van der Waals surface area contributed by atoms with Crippen LogP contribution >= 0.6 is 23.1 Å². The molecule has 0 aromatic carbocycles. The summed E-state index contributed by atoms with van der Waals surface area (Å²) in [6.07, 6.45) is 0. The molecule has 0 atom stereocenters. The summed E-state index contributed by atoms with van der Waals surface area (Å²) in [5.41, 5.74) is 1.19. The van der Waals surface area contributed by atoms with E-state index < -0.39 is 0 Å². The first-order valence-corrected chi connectivity index (χ1v) is 4.96. The Bertz CT molecular complexity index is 529. The van der Waals surface area contributed by atoms with Crippen LogP contribution in [0.25, 0.3) is 5.52 Å². The number of aryl methyl sites for hydroxylation is 2. The van der Waals surface area contributed by atoms with E-state index in [4.69, 9.17) is 11.6 Å². The summed E-state index contributed by atoms with van der Waals surface area (Å²) in [6, 6.07) is 0. The molecular formula is C8H7ClN2OS. The molecule has 2 aromatic heterocycles. The highest BCUT2D eigenvalue weighted by molar-refractivity contribution is 7.05. The highest BCUT2D eigenvalue weighted by Crippen LogP contribution is 2.23. The lowest BCUT2D eigenvalue weighted by Crippen LogP contribution is -2.13. The predicted molar refractivity (Wildman–Crippen MR) is 53.8 cm³/mol. The van der Waals surface area contributed by atoms with Gasteiger partial charge in [0.15, 0.2) is 0 Å². The molecule has 68 valence electrons. The lowest BCUT2D eigenvalue weighted by atomic mass is 10.3. The van der Waals surface area contributed by atoms with E-state index in [0.29, 0.717) is 16.4 Å². The van der Waals surface area contributed by atoms with Gasteiger partial charge in [-0.15, -0.1) is 0 Å². The van der Waals surface area contributed by atoms with E-state index in [-0.39, 0.29) is 5.56 Å². The second kappa shape index (κ2) is 2.82. The molecule has 0 saturated carbocycles. The van der Waals surface area contributed by atoms with Crippen LogP contribution in [0, 0.1) is 13.8 Å². The van der Waals surface area contributed by atoms with Gasteiger partial charge in [-0.25, -0.2) is 0 Å². The monoisotopic (exact) mass is 214 g/mol. The number of halogens is 1. The van der Waals surface area contributed by atoms with Crippen LogP contribution in [0.4, 0.5) is 0 Å². The van der Waals surface area contributed by atoms with E-state index in [1.807, 2.05) is 3.79 Å². The fourth-order valence-electron chi connectivity index (χ4n) is 1.25. The van der Waals surface area contributed by atoms with Gasteiger partial charge >= 0.3 is 0 Å². The van der Waals surface area contributed by atoms with Gasteiger partial charge in [-0.1, -0.05) is 23.1 Å². The first-order chi connectivity index (χ1) is 6.11. The number of nitrogens with zero attached hydrogens (tertiary/aromatic N) is 2. The van der Waals surface area contributed by atoms with E-state index in [1.54, 1.807) is 19.2 Å². The minimum absolute atomic E-state index is 0.196. The van der Waals surface area contributed by atoms with Crippen LogP contribution in [-0.4, -0.2) is 8.77 Å². The van der Waals surface area contributed by atoms with Crippen LogP contribution < -0.4 is 5.56 Å². The van der Waals surface area contributed by atoms with E-state index in [9.17, 15) is 4.79 Å². The second-order valence-electron chi connectivity index (χ2n) is 2.80. The lowest BCUT2D eigenvalue weighted by molar-refractivity contribution is 1.00. The van der Waals surface area contributed by atoms with Crippen molar-refractivity contribution in [2.45, 2.75) is 13.8 Å².